The zero-order valence-corrected chi connectivity index (χ0v) is 20.9. The molecular weight excluding hydrogens is 490 g/mol. The summed E-state index contributed by atoms with van der Waals surface area (Å²) >= 11 is 6.43. The Bertz CT molecular complexity index is 1950. The lowest BCUT2D eigenvalue weighted by molar-refractivity contribution is 0.669. The fourth-order valence-corrected chi connectivity index (χ4v) is 5.05. The van der Waals surface area contributed by atoms with Crippen molar-refractivity contribution in [2.75, 3.05) is 0 Å². The van der Waals surface area contributed by atoms with E-state index in [-0.39, 0.29) is 5.28 Å². The van der Waals surface area contributed by atoms with Crippen LogP contribution in [0.4, 0.5) is 0 Å². The van der Waals surface area contributed by atoms with Crippen molar-refractivity contribution >= 4 is 33.5 Å². The lowest BCUT2D eigenvalue weighted by atomic mass is 9.99. The number of nitrogens with zero attached hydrogens (tertiary/aromatic N) is 3. The second-order valence-corrected chi connectivity index (χ2v) is 9.39. The Morgan fingerprint density at radius 3 is 2.00 bits per heavy atom. The molecule has 0 saturated heterocycles. The summed E-state index contributed by atoms with van der Waals surface area (Å²) in [7, 11) is 0. The predicted octanol–water partition coefficient (Wildman–Crippen LogP) is 9.09. The van der Waals surface area contributed by atoms with Crippen LogP contribution in [-0.4, -0.2) is 15.0 Å². The van der Waals surface area contributed by atoms with Gasteiger partial charge in [-0.1, -0.05) is 97.1 Å². The molecule has 5 aromatic carbocycles. The van der Waals surface area contributed by atoms with Crippen LogP contribution in [0.3, 0.4) is 0 Å². The molecule has 5 heteroatoms. The molecule has 0 atom stereocenters. The Morgan fingerprint density at radius 2 is 1.11 bits per heavy atom. The Morgan fingerprint density at radius 1 is 0.447 bits per heavy atom. The molecule has 0 saturated carbocycles. The highest BCUT2D eigenvalue weighted by molar-refractivity contribution is 6.28. The van der Waals surface area contributed by atoms with E-state index in [0.29, 0.717) is 11.6 Å². The summed E-state index contributed by atoms with van der Waals surface area (Å²) in [5, 5.41) is 2.37. The summed E-state index contributed by atoms with van der Waals surface area (Å²) in [6.45, 7) is 0. The molecule has 0 radical (unpaired) electrons. The Balaban J connectivity index is 1.31. The van der Waals surface area contributed by atoms with E-state index in [0.717, 1.165) is 55.3 Å². The van der Waals surface area contributed by atoms with Gasteiger partial charge in [-0.05, 0) is 58.1 Å². The van der Waals surface area contributed by atoms with Crippen LogP contribution in [0.2, 0.25) is 5.28 Å². The first kappa shape index (κ1) is 22.4. The highest BCUT2D eigenvalue weighted by Gasteiger charge is 2.14. The monoisotopic (exact) mass is 509 g/mol. The first-order valence-corrected chi connectivity index (χ1v) is 12.7. The third-order valence-electron chi connectivity index (χ3n) is 6.69. The average molecular weight is 510 g/mol. The number of fused-ring (bicyclic) bond motifs is 3. The van der Waals surface area contributed by atoms with E-state index in [1.807, 2.05) is 66.7 Å². The number of benzene rings is 5. The van der Waals surface area contributed by atoms with Crippen LogP contribution >= 0.6 is 11.6 Å². The molecule has 180 valence electrons. The van der Waals surface area contributed by atoms with Crippen LogP contribution in [-0.2, 0) is 0 Å². The summed E-state index contributed by atoms with van der Waals surface area (Å²) in [5.41, 5.74) is 7.71. The molecule has 0 unspecified atom stereocenters. The minimum atomic E-state index is 0.155. The number of para-hydroxylation sites is 1. The van der Waals surface area contributed by atoms with Gasteiger partial charge < -0.3 is 4.42 Å². The highest BCUT2D eigenvalue weighted by atomic mass is 35.5. The molecule has 2 aromatic heterocycles. The van der Waals surface area contributed by atoms with Crippen molar-refractivity contribution in [3.05, 3.63) is 127 Å². The lowest BCUT2D eigenvalue weighted by Crippen LogP contribution is -1.98. The van der Waals surface area contributed by atoms with Crippen molar-refractivity contribution < 1.29 is 4.42 Å². The zero-order chi connectivity index (χ0) is 25.5. The van der Waals surface area contributed by atoms with E-state index >= 15 is 0 Å². The van der Waals surface area contributed by atoms with E-state index in [2.05, 4.69) is 64.6 Å². The predicted molar refractivity (Wildman–Crippen MR) is 154 cm³/mol. The molecule has 0 spiro atoms. The topological polar surface area (TPSA) is 51.8 Å². The molecule has 7 rings (SSSR count). The van der Waals surface area contributed by atoms with Crippen molar-refractivity contribution in [3.63, 3.8) is 0 Å². The van der Waals surface area contributed by atoms with Crippen LogP contribution in [0.5, 0.6) is 0 Å². The fraction of sp³-hybridized carbons (Fsp3) is 0. The van der Waals surface area contributed by atoms with Gasteiger partial charge in [-0.15, -0.1) is 0 Å². The van der Waals surface area contributed by atoms with Gasteiger partial charge in [0.2, 0.25) is 5.28 Å². The van der Waals surface area contributed by atoms with E-state index in [1.165, 1.54) is 0 Å². The fourth-order valence-electron chi connectivity index (χ4n) is 4.89. The van der Waals surface area contributed by atoms with Crippen molar-refractivity contribution in [1.82, 2.24) is 15.0 Å². The van der Waals surface area contributed by atoms with Gasteiger partial charge in [-0.25, -0.2) is 4.98 Å². The maximum Gasteiger partial charge on any atom is 0.226 e. The number of aromatic nitrogens is 3. The second kappa shape index (κ2) is 9.25. The van der Waals surface area contributed by atoms with Gasteiger partial charge in [0.15, 0.2) is 11.6 Å². The van der Waals surface area contributed by atoms with Gasteiger partial charge in [0, 0.05) is 21.9 Å². The molecule has 0 N–H and O–H groups in total. The molecule has 0 amide bonds. The molecule has 38 heavy (non-hydrogen) atoms. The molecule has 2 heterocycles. The SMILES string of the molecule is Clc1nc(-c2cccc(-c3ccc4c(c3)oc3ccccc34)c2)nc(-c2ccccc2-c2ccccc2)n1. The molecule has 0 aliphatic carbocycles. The van der Waals surface area contributed by atoms with Gasteiger partial charge in [-0.3, -0.25) is 0 Å². The Kier molecular flexibility index (Phi) is 5.46. The molecule has 0 aliphatic rings. The maximum absolute atomic E-state index is 6.43. The number of rotatable bonds is 4. The third-order valence-corrected chi connectivity index (χ3v) is 6.86. The normalized spacial score (nSPS) is 11.3. The number of hydrogen-bond acceptors (Lipinski definition) is 4. The molecule has 0 aliphatic heterocycles. The van der Waals surface area contributed by atoms with Crippen molar-refractivity contribution in [1.29, 1.82) is 0 Å². The van der Waals surface area contributed by atoms with Crippen LogP contribution in [0.25, 0.3) is 67.0 Å². The first-order valence-electron chi connectivity index (χ1n) is 12.3. The molecular formula is C33H20ClN3O. The Labute approximate surface area is 224 Å². The van der Waals surface area contributed by atoms with E-state index < -0.39 is 0 Å². The quantitative estimate of drug-likeness (QED) is 0.237. The number of halogens is 1. The third kappa shape index (κ3) is 4.01. The van der Waals surface area contributed by atoms with E-state index in [4.69, 9.17) is 21.0 Å². The summed E-state index contributed by atoms with van der Waals surface area (Å²) in [6, 6.07) is 40.8. The lowest BCUT2D eigenvalue weighted by Gasteiger charge is -2.11. The van der Waals surface area contributed by atoms with E-state index in [1.54, 1.807) is 0 Å². The number of hydrogen-bond donors (Lipinski definition) is 0. The summed E-state index contributed by atoms with van der Waals surface area (Å²) in [6.07, 6.45) is 0. The standard InChI is InChI=1S/C33H20ClN3O/c34-33-36-31(35-32(37-33)28-15-5-4-13-25(28)21-9-2-1-3-10-21)24-12-8-11-22(19-24)23-17-18-27-26-14-6-7-16-29(26)38-30(27)20-23/h1-20H. The highest BCUT2D eigenvalue weighted by Crippen LogP contribution is 2.34. The van der Waals surface area contributed by atoms with Crippen molar-refractivity contribution in [2.24, 2.45) is 0 Å². The van der Waals surface area contributed by atoms with Crippen LogP contribution < -0.4 is 0 Å². The average Bonchev–Trinajstić information content (AvgIpc) is 3.35. The van der Waals surface area contributed by atoms with Gasteiger partial charge in [0.25, 0.3) is 0 Å². The smallest absolute Gasteiger partial charge is 0.226 e. The van der Waals surface area contributed by atoms with Gasteiger partial charge in [0.05, 0.1) is 0 Å². The maximum atomic E-state index is 6.43. The first-order chi connectivity index (χ1) is 18.7. The van der Waals surface area contributed by atoms with Crippen LogP contribution in [0.1, 0.15) is 0 Å². The van der Waals surface area contributed by atoms with Gasteiger partial charge in [0.1, 0.15) is 11.2 Å². The van der Waals surface area contributed by atoms with Crippen LogP contribution in [0.15, 0.2) is 126 Å². The second-order valence-electron chi connectivity index (χ2n) is 9.05. The van der Waals surface area contributed by atoms with E-state index in [9.17, 15) is 0 Å². The largest absolute Gasteiger partial charge is 0.456 e. The summed E-state index contributed by atoms with van der Waals surface area (Å²) < 4.78 is 6.11. The minimum Gasteiger partial charge on any atom is -0.456 e. The molecule has 4 nitrogen and oxygen atoms in total. The van der Waals surface area contributed by atoms with Crippen LogP contribution in [0, 0.1) is 0 Å². The van der Waals surface area contributed by atoms with Crippen molar-refractivity contribution in [2.45, 2.75) is 0 Å². The molecule has 0 fully saturated rings. The van der Waals surface area contributed by atoms with Gasteiger partial charge in [-0.2, -0.15) is 9.97 Å². The molecule has 7 aromatic rings. The molecule has 0 bridgehead atoms. The van der Waals surface area contributed by atoms with Crippen molar-refractivity contribution in [3.8, 4) is 45.0 Å². The minimum absolute atomic E-state index is 0.155. The number of furan rings is 1. The Hall–Kier alpha value is -4.80. The van der Waals surface area contributed by atoms with Gasteiger partial charge >= 0.3 is 0 Å². The zero-order valence-electron chi connectivity index (χ0n) is 20.2. The summed E-state index contributed by atoms with van der Waals surface area (Å²) in [5.74, 6) is 1.06. The summed E-state index contributed by atoms with van der Waals surface area (Å²) in [4.78, 5) is 13.8.